The van der Waals surface area contributed by atoms with Gasteiger partial charge in [0.25, 0.3) is 5.97 Å². The van der Waals surface area contributed by atoms with E-state index in [1.807, 2.05) is 0 Å². The van der Waals surface area contributed by atoms with Crippen LogP contribution in [0.4, 0.5) is 0 Å². The second-order valence-electron chi connectivity index (χ2n) is 2.93. The van der Waals surface area contributed by atoms with Gasteiger partial charge < -0.3 is 10.4 Å². The molecule has 7 heteroatoms. The van der Waals surface area contributed by atoms with Gasteiger partial charge in [-0.1, -0.05) is 0 Å². The van der Waals surface area contributed by atoms with Gasteiger partial charge in [0.1, 0.15) is 0 Å². The summed E-state index contributed by atoms with van der Waals surface area (Å²) in [7, 11) is -2.93. The van der Waals surface area contributed by atoms with Crippen LogP contribution in [0.2, 0.25) is 0 Å². The van der Waals surface area contributed by atoms with Crippen molar-refractivity contribution >= 4 is 16.0 Å². The van der Waals surface area contributed by atoms with Crippen LogP contribution in [0.5, 0.6) is 0 Å². The van der Waals surface area contributed by atoms with E-state index in [1.165, 1.54) is 10.6 Å². The first-order valence-corrected chi connectivity index (χ1v) is 6.04. The van der Waals surface area contributed by atoms with E-state index in [4.69, 9.17) is 9.90 Å². The molecular weight excluding hydrogens is 208 g/mol. The third-order valence-corrected chi connectivity index (χ3v) is 2.85. The summed E-state index contributed by atoms with van der Waals surface area (Å²) in [5.74, 6) is -0.833. The molecule has 0 bridgehead atoms. The van der Waals surface area contributed by atoms with Gasteiger partial charge in [0, 0.05) is 33.1 Å². The third-order valence-electron chi connectivity index (χ3n) is 1.54. The second kappa shape index (κ2) is 5.94. The van der Waals surface area contributed by atoms with Gasteiger partial charge in [-0.05, 0) is 0 Å². The number of hydrogen-bond donors (Lipinski definition) is 2. The Bertz CT molecular complexity index is 265. The van der Waals surface area contributed by atoms with Gasteiger partial charge in [0.05, 0.1) is 6.26 Å². The molecule has 1 saturated heterocycles. The summed E-state index contributed by atoms with van der Waals surface area (Å²) in [6.45, 7) is 3.85. The predicted molar refractivity (Wildman–Crippen MR) is 52.6 cm³/mol. The van der Waals surface area contributed by atoms with E-state index >= 15 is 0 Å². The number of rotatable bonds is 1. The van der Waals surface area contributed by atoms with Gasteiger partial charge in [0.2, 0.25) is 10.0 Å². The summed E-state index contributed by atoms with van der Waals surface area (Å²) in [6.07, 6.45) is 1.25. The molecule has 1 fully saturated rings. The molecule has 0 aromatic heterocycles. The van der Waals surface area contributed by atoms with Crippen LogP contribution in [0.1, 0.15) is 6.92 Å². The number of carbonyl (C=O) groups is 1. The molecule has 1 rings (SSSR count). The number of nitrogens with one attached hydrogen (secondary N) is 1. The zero-order valence-corrected chi connectivity index (χ0v) is 9.17. The molecule has 0 aromatic carbocycles. The Labute approximate surface area is 84.0 Å². The van der Waals surface area contributed by atoms with E-state index < -0.39 is 16.0 Å². The van der Waals surface area contributed by atoms with Crippen molar-refractivity contribution in [3.63, 3.8) is 0 Å². The molecule has 14 heavy (non-hydrogen) atoms. The first-order chi connectivity index (χ1) is 6.34. The van der Waals surface area contributed by atoms with E-state index in [0.717, 1.165) is 20.0 Å². The van der Waals surface area contributed by atoms with Crippen molar-refractivity contribution in [2.24, 2.45) is 0 Å². The number of carboxylic acid groups (broad SMARTS) is 1. The summed E-state index contributed by atoms with van der Waals surface area (Å²) >= 11 is 0. The smallest absolute Gasteiger partial charge is 0.300 e. The molecule has 84 valence electrons. The summed E-state index contributed by atoms with van der Waals surface area (Å²) in [5.41, 5.74) is 0. The topological polar surface area (TPSA) is 86.7 Å². The molecule has 0 spiro atoms. The Morgan fingerprint density at radius 2 is 1.71 bits per heavy atom. The Kier molecular flexibility index (Phi) is 5.66. The van der Waals surface area contributed by atoms with Crippen LogP contribution in [0.3, 0.4) is 0 Å². The third kappa shape index (κ3) is 6.81. The maximum absolute atomic E-state index is 10.9. The Morgan fingerprint density at radius 3 is 1.93 bits per heavy atom. The molecule has 0 atom stereocenters. The first kappa shape index (κ1) is 13.3. The highest BCUT2D eigenvalue weighted by atomic mass is 32.2. The van der Waals surface area contributed by atoms with Crippen molar-refractivity contribution < 1.29 is 18.3 Å². The maximum atomic E-state index is 10.9. The number of aliphatic carboxylic acids is 1. The van der Waals surface area contributed by atoms with Crippen molar-refractivity contribution in [3.8, 4) is 0 Å². The van der Waals surface area contributed by atoms with Crippen molar-refractivity contribution in [2.75, 3.05) is 32.4 Å². The summed E-state index contributed by atoms with van der Waals surface area (Å²) < 4.78 is 23.3. The fraction of sp³-hybridized carbons (Fsp3) is 0.857. The van der Waals surface area contributed by atoms with Gasteiger partial charge >= 0.3 is 0 Å². The van der Waals surface area contributed by atoms with Crippen LogP contribution in [0.25, 0.3) is 0 Å². The maximum Gasteiger partial charge on any atom is 0.300 e. The van der Waals surface area contributed by atoms with Crippen LogP contribution in [-0.4, -0.2) is 56.2 Å². The first-order valence-electron chi connectivity index (χ1n) is 4.19. The second-order valence-corrected chi connectivity index (χ2v) is 4.91. The van der Waals surface area contributed by atoms with Crippen LogP contribution in [0.15, 0.2) is 0 Å². The van der Waals surface area contributed by atoms with Crippen LogP contribution < -0.4 is 5.32 Å². The molecule has 0 aromatic rings. The lowest BCUT2D eigenvalue weighted by atomic mass is 10.4. The van der Waals surface area contributed by atoms with E-state index in [-0.39, 0.29) is 0 Å². The molecular formula is C7H16N2O4S. The van der Waals surface area contributed by atoms with Crippen LogP contribution >= 0.6 is 0 Å². The lowest BCUT2D eigenvalue weighted by Gasteiger charge is -2.24. The van der Waals surface area contributed by atoms with Crippen molar-refractivity contribution in [3.05, 3.63) is 0 Å². The van der Waals surface area contributed by atoms with Gasteiger partial charge in [-0.2, -0.15) is 4.31 Å². The average molecular weight is 224 g/mol. The minimum atomic E-state index is -2.93. The SMILES string of the molecule is CC(=O)O.CS(=O)(=O)N1CCNCC1. The fourth-order valence-corrected chi connectivity index (χ4v) is 1.82. The van der Waals surface area contributed by atoms with Gasteiger partial charge in [-0.15, -0.1) is 0 Å². The van der Waals surface area contributed by atoms with E-state index in [9.17, 15) is 8.42 Å². The summed E-state index contributed by atoms with van der Waals surface area (Å²) in [5, 5.41) is 10.5. The highest BCUT2D eigenvalue weighted by molar-refractivity contribution is 7.88. The highest BCUT2D eigenvalue weighted by Gasteiger charge is 2.17. The van der Waals surface area contributed by atoms with Crippen molar-refractivity contribution in [1.29, 1.82) is 0 Å². The number of sulfonamides is 1. The zero-order valence-electron chi connectivity index (χ0n) is 8.36. The van der Waals surface area contributed by atoms with Gasteiger partial charge in [0.15, 0.2) is 0 Å². The van der Waals surface area contributed by atoms with Gasteiger partial charge in [-0.25, -0.2) is 8.42 Å². The summed E-state index contributed by atoms with van der Waals surface area (Å²) in [6, 6.07) is 0. The van der Waals surface area contributed by atoms with Gasteiger partial charge in [-0.3, -0.25) is 4.79 Å². The quantitative estimate of drug-likeness (QED) is 0.593. The fourth-order valence-electron chi connectivity index (χ4n) is 0.976. The average Bonchev–Trinajstić information content (AvgIpc) is 2.03. The molecule has 1 heterocycles. The lowest BCUT2D eigenvalue weighted by molar-refractivity contribution is -0.134. The van der Waals surface area contributed by atoms with E-state index in [1.54, 1.807) is 0 Å². The Morgan fingerprint density at radius 1 is 1.36 bits per heavy atom. The number of carboxylic acids is 1. The molecule has 0 saturated carbocycles. The lowest BCUT2D eigenvalue weighted by Crippen LogP contribution is -2.45. The molecule has 0 radical (unpaired) electrons. The molecule has 0 aliphatic carbocycles. The minimum Gasteiger partial charge on any atom is -0.481 e. The number of piperazine rings is 1. The van der Waals surface area contributed by atoms with Crippen molar-refractivity contribution in [1.82, 2.24) is 9.62 Å². The largest absolute Gasteiger partial charge is 0.481 e. The molecule has 1 aliphatic heterocycles. The van der Waals surface area contributed by atoms with Crippen LogP contribution in [0, 0.1) is 0 Å². The predicted octanol–water partition coefficient (Wildman–Crippen LogP) is -1.06. The molecule has 2 N–H and O–H groups in total. The molecule has 6 nitrogen and oxygen atoms in total. The standard InChI is InChI=1S/C5H12N2O2S.C2H4O2/c1-10(8,9)7-4-2-6-3-5-7;1-2(3)4/h6H,2-5H2,1H3;1H3,(H,3,4). The van der Waals surface area contributed by atoms with E-state index in [0.29, 0.717) is 13.1 Å². The Hall–Kier alpha value is -0.660. The Balaban J connectivity index is 0.000000364. The van der Waals surface area contributed by atoms with E-state index in [2.05, 4.69) is 5.32 Å². The minimum absolute atomic E-state index is 0.610. The molecule has 0 amide bonds. The molecule has 1 aliphatic rings. The monoisotopic (exact) mass is 224 g/mol. The number of hydrogen-bond acceptors (Lipinski definition) is 4. The van der Waals surface area contributed by atoms with Crippen LogP contribution in [-0.2, 0) is 14.8 Å². The normalized spacial score (nSPS) is 18.1. The molecule has 0 unspecified atom stereocenters. The number of nitrogens with zero attached hydrogens (tertiary/aromatic N) is 1. The highest BCUT2D eigenvalue weighted by Crippen LogP contribution is 1.97. The zero-order chi connectivity index (χ0) is 11.2. The van der Waals surface area contributed by atoms with Crippen molar-refractivity contribution in [2.45, 2.75) is 6.92 Å². The summed E-state index contributed by atoms with van der Waals surface area (Å²) in [4.78, 5) is 9.00.